The number of hydrogen-bond acceptors (Lipinski definition) is 7. The number of carbonyl (C=O) groups is 1. The summed E-state index contributed by atoms with van der Waals surface area (Å²) in [5.41, 5.74) is 4.10. The number of ether oxygens (including phenoxy) is 1. The van der Waals surface area contributed by atoms with Crippen molar-refractivity contribution >= 4 is 34.1 Å². The number of nitrogens with zero attached hydrogens (tertiary/aromatic N) is 3. The van der Waals surface area contributed by atoms with Crippen LogP contribution in [0.15, 0.2) is 60.0 Å². The maximum absolute atomic E-state index is 12.5. The lowest BCUT2D eigenvalue weighted by molar-refractivity contribution is 0.102. The van der Waals surface area contributed by atoms with Crippen molar-refractivity contribution in [1.82, 2.24) is 13.7 Å². The molecular formula is C20H16N4O2S2. The molecule has 0 radical (unpaired) electrons. The van der Waals surface area contributed by atoms with Gasteiger partial charge in [-0.1, -0.05) is 30.3 Å². The molecule has 0 aliphatic rings. The summed E-state index contributed by atoms with van der Waals surface area (Å²) in [4.78, 5) is 16.9. The van der Waals surface area contributed by atoms with Crippen molar-refractivity contribution in [3.8, 4) is 17.0 Å². The monoisotopic (exact) mass is 408 g/mol. The van der Waals surface area contributed by atoms with Crippen LogP contribution in [0.4, 0.5) is 5.13 Å². The van der Waals surface area contributed by atoms with Crippen molar-refractivity contribution in [2.24, 2.45) is 0 Å². The van der Waals surface area contributed by atoms with E-state index in [0.717, 1.165) is 22.6 Å². The highest BCUT2D eigenvalue weighted by molar-refractivity contribution is 7.14. The van der Waals surface area contributed by atoms with Gasteiger partial charge in [0.05, 0.1) is 23.1 Å². The molecule has 140 valence electrons. The Morgan fingerprint density at radius 2 is 1.86 bits per heavy atom. The molecule has 1 amide bonds. The third-order valence-electron chi connectivity index (χ3n) is 4.03. The average Bonchev–Trinajstić information content (AvgIpc) is 3.36. The summed E-state index contributed by atoms with van der Waals surface area (Å²) in [5, 5.41) is 5.33. The fourth-order valence-electron chi connectivity index (χ4n) is 2.48. The Labute approximate surface area is 170 Å². The van der Waals surface area contributed by atoms with Crippen LogP contribution in [0, 0.1) is 6.92 Å². The number of amides is 1. The van der Waals surface area contributed by atoms with Crippen molar-refractivity contribution in [2.45, 2.75) is 13.5 Å². The van der Waals surface area contributed by atoms with Crippen LogP contribution in [-0.4, -0.2) is 19.6 Å². The largest absolute Gasteiger partial charge is 0.487 e. The van der Waals surface area contributed by atoms with Crippen LogP contribution in [0.3, 0.4) is 0 Å². The molecule has 4 aromatic rings. The second-order valence-electron chi connectivity index (χ2n) is 5.97. The molecule has 0 aliphatic heterocycles. The van der Waals surface area contributed by atoms with Gasteiger partial charge in [-0.25, -0.2) is 4.98 Å². The van der Waals surface area contributed by atoms with Gasteiger partial charge in [0.15, 0.2) is 5.13 Å². The molecule has 2 heterocycles. The second-order valence-corrected chi connectivity index (χ2v) is 7.35. The first-order chi connectivity index (χ1) is 13.7. The van der Waals surface area contributed by atoms with Crippen LogP contribution in [0.5, 0.6) is 5.75 Å². The number of rotatable bonds is 6. The van der Waals surface area contributed by atoms with E-state index in [0.29, 0.717) is 23.1 Å². The molecule has 0 saturated heterocycles. The maximum Gasteiger partial charge on any atom is 0.257 e. The Balaban J connectivity index is 1.37. The number of aryl methyl sites for hydroxylation is 1. The number of nitrogens with one attached hydrogen (secondary N) is 1. The molecule has 2 aromatic heterocycles. The van der Waals surface area contributed by atoms with Gasteiger partial charge in [-0.15, -0.1) is 11.3 Å². The van der Waals surface area contributed by atoms with Crippen molar-refractivity contribution in [3.05, 3.63) is 76.9 Å². The lowest BCUT2D eigenvalue weighted by Crippen LogP contribution is -2.11. The quantitative estimate of drug-likeness (QED) is 0.496. The molecule has 0 atom stereocenters. The number of hydrogen-bond donors (Lipinski definition) is 1. The zero-order chi connectivity index (χ0) is 19.3. The summed E-state index contributed by atoms with van der Waals surface area (Å²) in [6, 6.07) is 16.8. The SMILES string of the molecule is Cc1nsnc1COc1ccc(C(=O)Nc2nc(-c3ccccc3)cs2)cc1. The lowest BCUT2D eigenvalue weighted by atomic mass is 10.2. The zero-order valence-corrected chi connectivity index (χ0v) is 16.6. The normalized spacial score (nSPS) is 10.6. The summed E-state index contributed by atoms with van der Waals surface area (Å²) in [5.74, 6) is 0.463. The van der Waals surface area contributed by atoms with E-state index in [9.17, 15) is 4.79 Å². The second kappa shape index (κ2) is 8.28. The van der Waals surface area contributed by atoms with Gasteiger partial charge in [-0.3, -0.25) is 10.1 Å². The number of benzene rings is 2. The van der Waals surface area contributed by atoms with Gasteiger partial charge in [0.25, 0.3) is 5.91 Å². The van der Waals surface area contributed by atoms with Crippen LogP contribution in [0.2, 0.25) is 0 Å². The van der Waals surface area contributed by atoms with E-state index < -0.39 is 0 Å². The highest BCUT2D eigenvalue weighted by Crippen LogP contribution is 2.25. The molecule has 0 unspecified atom stereocenters. The van der Waals surface area contributed by atoms with E-state index in [2.05, 4.69) is 19.0 Å². The maximum atomic E-state index is 12.5. The van der Waals surface area contributed by atoms with Crippen LogP contribution in [-0.2, 0) is 6.61 Å². The first-order valence-corrected chi connectivity index (χ1v) is 10.1. The topological polar surface area (TPSA) is 77.0 Å². The summed E-state index contributed by atoms with van der Waals surface area (Å²) >= 11 is 2.57. The highest BCUT2D eigenvalue weighted by atomic mass is 32.1. The van der Waals surface area contributed by atoms with Crippen LogP contribution in [0.25, 0.3) is 11.3 Å². The summed E-state index contributed by atoms with van der Waals surface area (Å²) < 4.78 is 14.0. The Kier molecular flexibility index (Phi) is 5.41. The Bertz CT molecular complexity index is 1080. The summed E-state index contributed by atoms with van der Waals surface area (Å²) in [7, 11) is 0. The number of anilines is 1. The predicted molar refractivity (Wildman–Crippen MR) is 111 cm³/mol. The first-order valence-electron chi connectivity index (χ1n) is 8.52. The zero-order valence-electron chi connectivity index (χ0n) is 15.0. The van der Waals surface area contributed by atoms with Crippen molar-refractivity contribution in [3.63, 3.8) is 0 Å². The molecule has 2 aromatic carbocycles. The van der Waals surface area contributed by atoms with E-state index in [1.165, 1.54) is 23.1 Å². The van der Waals surface area contributed by atoms with Crippen LogP contribution in [0.1, 0.15) is 21.7 Å². The minimum Gasteiger partial charge on any atom is -0.487 e. The molecule has 8 heteroatoms. The molecule has 0 bridgehead atoms. The lowest BCUT2D eigenvalue weighted by Gasteiger charge is -2.06. The van der Waals surface area contributed by atoms with Gasteiger partial charge >= 0.3 is 0 Å². The third kappa shape index (κ3) is 4.24. The van der Waals surface area contributed by atoms with Gasteiger partial charge in [0.2, 0.25) is 0 Å². The third-order valence-corrected chi connectivity index (χ3v) is 5.45. The van der Waals surface area contributed by atoms with E-state index >= 15 is 0 Å². The van der Waals surface area contributed by atoms with Crippen LogP contribution >= 0.6 is 23.1 Å². The van der Waals surface area contributed by atoms with E-state index in [4.69, 9.17) is 4.74 Å². The molecule has 0 saturated carbocycles. The molecule has 6 nitrogen and oxygen atoms in total. The van der Waals surface area contributed by atoms with Crippen LogP contribution < -0.4 is 10.1 Å². The average molecular weight is 409 g/mol. The summed E-state index contributed by atoms with van der Waals surface area (Å²) in [6.07, 6.45) is 0. The van der Waals surface area contributed by atoms with Gasteiger partial charge in [-0.2, -0.15) is 8.75 Å². The minimum atomic E-state index is -0.208. The van der Waals surface area contributed by atoms with Crippen molar-refractivity contribution < 1.29 is 9.53 Å². The smallest absolute Gasteiger partial charge is 0.257 e. The number of thiazole rings is 1. The molecular weight excluding hydrogens is 392 g/mol. The highest BCUT2D eigenvalue weighted by Gasteiger charge is 2.11. The summed E-state index contributed by atoms with van der Waals surface area (Å²) in [6.45, 7) is 2.26. The van der Waals surface area contributed by atoms with Crippen molar-refractivity contribution in [2.75, 3.05) is 5.32 Å². The molecule has 1 N–H and O–H groups in total. The van der Waals surface area contributed by atoms with Crippen molar-refractivity contribution in [1.29, 1.82) is 0 Å². The Morgan fingerprint density at radius 1 is 1.07 bits per heavy atom. The molecule has 0 aliphatic carbocycles. The fourth-order valence-corrected chi connectivity index (χ4v) is 3.74. The predicted octanol–water partition coefficient (Wildman–Crippen LogP) is 4.80. The van der Waals surface area contributed by atoms with Gasteiger partial charge in [0.1, 0.15) is 18.1 Å². The molecule has 0 fully saturated rings. The fraction of sp³-hybridized carbons (Fsp3) is 0.100. The first kappa shape index (κ1) is 18.3. The Hall–Kier alpha value is -3.10. The van der Waals surface area contributed by atoms with Gasteiger partial charge in [0, 0.05) is 16.5 Å². The van der Waals surface area contributed by atoms with E-state index in [-0.39, 0.29) is 5.91 Å². The van der Waals surface area contributed by atoms with Gasteiger partial charge in [-0.05, 0) is 31.2 Å². The van der Waals surface area contributed by atoms with E-state index in [1.807, 2.05) is 42.6 Å². The number of aromatic nitrogens is 3. The molecule has 28 heavy (non-hydrogen) atoms. The number of carbonyl (C=O) groups excluding carboxylic acids is 1. The minimum absolute atomic E-state index is 0.208. The molecule has 0 spiro atoms. The Morgan fingerprint density at radius 3 is 2.57 bits per heavy atom. The van der Waals surface area contributed by atoms with Gasteiger partial charge < -0.3 is 4.74 Å². The van der Waals surface area contributed by atoms with E-state index in [1.54, 1.807) is 24.3 Å². The molecule has 4 rings (SSSR count). The standard InChI is InChI=1S/C20H16N4O2S2/c1-13-17(24-28-23-13)11-26-16-9-7-15(8-10-16)19(25)22-20-21-18(12-27-20)14-5-3-2-4-6-14/h2-10,12H,11H2,1H3,(H,21,22,25).